The lowest BCUT2D eigenvalue weighted by atomic mass is 9.73. The molecule has 0 aromatic rings. The van der Waals surface area contributed by atoms with Crippen molar-refractivity contribution in [1.29, 1.82) is 0 Å². The summed E-state index contributed by atoms with van der Waals surface area (Å²) in [7, 11) is -2.95. The summed E-state index contributed by atoms with van der Waals surface area (Å²) >= 11 is 0. The Kier molecular flexibility index (Phi) is 1.74. The Morgan fingerprint density at radius 2 is 2.07 bits per heavy atom. The minimum absolute atomic E-state index is 0.100. The van der Waals surface area contributed by atoms with Crippen LogP contribution in [0, 0.1) is 16.7 Å². The van der Waals surface area contributed by atoms with E-state index in [1.165, 1.54) is 6.42 Å². The van der Waals surface area contributed by atoms with Crippen LogP contribution in [0.3, 0.4) is 0 Å². The van der Waals surface area contributed by atoms with Gasteiger partial charge in [-0.05, 0) is 37.0 Å². The van der Waals surface area contributed by atoms with Gasteiger partial charge in [0.15, 0.2) is 0 Å². The second-order valence-electron chi connectivity index (χ2n) is 6.19. The maximum absolute atomic E-state index is 11.6. The Morgan fingerprint density at radius 3 is 2.67 bits per heavy atom. The molecular weight excluding hydrogens is 210 g/mol. The van der Waals surface area contributed by atoms with Crippen LogP contribution in [0.4, 0.5) is 0 Å². The highest BCUT2D eigenvalue weighted by atomic mass is 32.2. The van der Waals surface area contributed by atoms with Gasteiger partial charge in [-0.15, -0.1) is 0 Å². The Bertz CT molecular complexity index is 403. The molecule has 0 aromatic carbocycles. The summed E-state index contributed by atoms with van der Waals surface area (Å²) in [6, 6.07) is 0.249. The first-order chi connectivity index (χ1) is 6.88. The van der Waals surface area contributed by atoms with Gasteiger partial charge < -0.3 is 0 Å². The van der Waals surface area contributed by atoms with Crippen molar-refractivity contribution in [2.45, 2.75) is 45.6 Å². The van der Waals surface area contributed by atoms with E-state index in [4.69, 9.17) is 0 Å². The van der Waals surface area contributed by atoms with E-state index in [-0.39, 0.29) is 11.5 Å². The molecule has 15 heavy (non-hydrogen) atoms. The molecule has 1 spiro atoms. The summed E-state index contributed by atoms with van der Waals surface area (Å²) < 4.78 is 26.0. The molecule has 2 saturated carbocycles. The van der Waals surface area contributed by atoms with Crippen molar-refractivity contribution in [2.75, 3.05) is 5.75 Å². The van der Waals surface area contributed by atoms with Crippen LogP contribution in [0.25, 0.3) is 0 Å². The predicted molar refractivity (Wildman–Crippen MR) is 58.9 cm³/mol. The number of fused-ring (bicyclic) bond motifs is 1. The minimum atomic E-state index is -2.95. The van der Waals surface area contributed by atoms with Gasteiger partial charge in [0, 0.05) is 11.5 Å². The van der Waals surface area contributed by atoms with Gasteiger partial charge >= 0.3 is 0 Å². The minimum Gasteiger partial charge on any atom is -0.212 e. The molecule has 3 rings (SSSR count). The van der Waals surface area contributed by atoms with Crippen molar-refractivity contribution in [3.05, 3.63) is 0 Å². The standard InChI is InChI=1S/C11H19NO2S/c1-8(2)10-3-4-11(6-10)7-15(13,14)12-9(11)5-10/h8-9,12H,3-7H2,1-2H3/t9-,10?,11-/m0/s1. The van der Waals surface area contributed by atoms with E-state index in [2.05, 4.69) is 18.6 Å². The van der Waals surface area contributed by atoms with Gasteiger partial charge in [0.1, 0.15) is 0 Å². The van der Waals surface area contributed by atoms with Crippen LogP contribution in [0.1, 0.15) is 39.5 Å². The highest BCUT2D eigenvalue weighted by Gasteiger charge is 2.65. The molecule has 86 valence electrons. The number of nitrogens with one attached hydrogen (secondary N) is 1. The van der Waals surface area contributed by atoms with Crippen molar-refractivity contribution < 1.29 is 8.42 Å². The van der Waals surface area contributed by atoms with Crippen LogP contribution in [0.5, 0.6) is 0 Å². The quantitative estimate of drug-likeness (QED) is 0.740. The molecule has 1 aliphatic heterocycles. The summed E-state index contributed by atoms with van der Waals surface area (Å²) in [5, 5.41) is 0. The van der Waals surface area contributed by atoms with E-state index >= 15 is 0 Å². The van der Waals surface area contributed by atoms with Crippen LogP contribution in [-0.4, -0.2) is 20.2 Å². The van der Waals surface area contributed by atoms with Gasteiger partial charge in [-0.1, -0.05) is 13.8 Å². The van der Waals surface area contributed by atoms with E-state index in [0.717, 1.165) is 19.3 Å². The van der Waals surface area contributed by atoms with Gasteiger partial charge in [0.2, 0.25) is 10.0 Å². The van der Waals surface area contributed by atoms with Gasteiger partial charge in [0.05, 0.1) is 5.75 Å². The lowest BCUT2D eigenvalue weighted by Crippen LogP contribution is -2.36. The molecule has 4 heteroatoms. The Morgan fingerprint density at radius 1 is 1.33 bits per heavy atom. The molecule has 0 radical (unpaired) electrons. The van der Waals surface area contributed by atoms with E-state index < -0.39 is 10.0 Å². The highest BCUT2D eigenvalue weighted by molar-refractivity contribution is 7.89. The molecule has 3 fully saturated rings. The zero-order valence-corrected chi connectivity index (χ0v) is 10.2. The second-order valence-corrected chi connectivity index (χ2v) is 7.94. The molecule has 1 unspecified atom stereocenters. The van der Waals surface area contributed by atoms with Crippen molar-refractivity contribution in [2.24, 2.45) is 16.7 Å². The number of hydrogen-bond donors (Lipinski definition) is 1. The normalized spacial score (nSPS) is 51.3. The maximum atomic E-state index is 11.6. The lowest BCUT2D eigenvalue weighted by Gasteiger charge is -2.33. The fraction of sp³-hybridized carbons (Fsp3) is 1.00. The number of hydrogen-bond acceptors (Lipinski definition) is 2. The average Bonchev–Trinajstić information content (AvgIpc) is 2.62. The third kappa shape index (κ3) is 1.18. The summed E-state index contributed by atoms with van der Waals surface area (Å²) in [5.41, 5.74) is 0.538. The van der Waals surface area contributed by atoms with Crippen LogP contribution in [-0.2, 0) is 10.0 Å². The van der Waals surface area contributed by atoms with E-state index in [1.807, 2.05) is 0 Å². The first kappa shape index (κ1) is 10.1. The Labute approximate surface area is 91.7 Å². The number of sulfonamides is 1. The Hall–Kier alpha value is -0.0900. The SMILES string of the molecule is CC(C)C12CC[C@]3(C1)CS(=O)(=O)N[C@H]3C2. The first-order valence-corrected chi connectivity index (χ1v) is 7.53. The largest absolute Gasteiger partial charge is 0.212 e. The van der Waals surface area contributed by atoms with Crippen LogP contribution < -0.4 is 4.72 Å². The van der Waals surface area contributed by atoms with Crippen LogP contribution >= 0.6 is 0 Å². The van der Waals surface area contributed by atoms with Crippen LogP contribution in [0.15, 0.2) is 0 Å². The summed E-state index contributed by atoms with van der Waals surface area (Å²) in [5.74, 6) is 1.08. The molecule has 3 aliphatic rings. The van der Waals surface area contributed by atoms with Crippen LogP contribution in [0.2, 0.25) is 0 Å². The highest BCUT2D eigenvalue weighted by Crippen LogP contribution is 2.66. The first-order valence-electron chi connectivity index (χ1n) is 5.88. The van der Waals surface area contributed by atoms with Crippen molar-refractivity contribution in [3.63, 3.8) is 0 Å². The van der Waals surface area contributed by atoms with Crippen molar-refractivity contribution >= 4 is 10.0 Å². The van der Waals surface area contributed by atoms with Gasteiger partial charge in [0.25, 0.3) is 0 Å². The fourth-order valence-electron chi connectivity index (χ4n) is 4.23. The molecule has 1 heterocycles. The zero-order chi connectivity index (χ0) is 10.9. The van der Waals surface area contributed by atoms with E-state index in [1.54, 1.807) is 0 Å². The maximum Gasteiger partial charge on any atom is 0.212 e. The molecular formula is C11H19NO2S. The molecule has 3 atom stereocenters. The summed E-state index contributed by atoms with van der Waals surface area (Å²) in [6.07, 6.45) is 4.55. The van der Waals surface area contributed by atoms with Crippen molar-refractivity contribution in [1.82, 2.24) is 4.72 Å². The van der Waals surface area contributed by atoms with E-state index in [0.29, 0.717) is 17.1 Å². The molecule has 2 aliphatic carbocycles. The Balaban J connectivity index is 1.97. The average molecular weight is 229 g/mol. The molecule has 0 amide bonds. The smallest absolute Gasteiger partial charge is 0.212 e. The van der Waals surface area contributed by atoms with Gasteiger partial charge in [-0.3, -0.25) is 0 Å². The molecule has 2 bridgehead atoms. The van der Waals surface area contributed by atoms with Crippen molar-refractivity contribution in [3.8, 4) is 0 Å². The molecule has 3 nitrogen and oxygen atoms in total. The van der Waals surface area contributed by atoms with E-state index in [9.17, 15) is 8.42 Å². The summed E-state index contributed by atoms with van der Waals surface area (Å²) in [6.45, 7) is 4.57. The topological polar surface area (TPSA) is 46.2 Å². The molecule has 0 aromatic heterocycles. The van der Waals surface area contributed by atoms with Gasteiger partial charge in [-0.2, -0.15) is 0 Å². The third-order valence-electron chi connectivity index (χ3n) is 5.20. The molecule has 1 saturated heterocycles. The third-order valence-corrected chi connectivity index (χ3v) is 6.80. The summed E-state index contributed by atoms with van der Waals surface area (Å²) in [4.78, 5) is 0. The monoisotopic (exact) mass is 229 g/mol. The van der Waals surface area contributed by atoms with Gasteiger partial charge in [-0.25, -0.2) is 13.1 Å². The fourth-order valence-corrected chi connectivity index (χ4v) is 6.28. The number of rotatable bonds is 1. The lowest BCUT2D eigenvalue weighted by molar-refractivity contribution is 0.186. The zero-order valence-electron chi connectivity index (χ0n) is 9.41. The second kappa shape index (κ2) is 2.59. The predicted octanol–water partition coefficient (Wildman–Crippen LogP) is 1.50. The molecule has 1 N–H and O–H groups in total.